The van der Waals surface area contributed by atoms with Gasteiger partial charge in [-0.1, -0.05) is 59.8 Å². The molecule has 0 spiro atoms. The second kappa shape index (κ2) is 12.6. The summed E-state index contributed by atoms with van der Waals surface area (Å²) >= 11 is 0. The highest BCUT2D eigenvalue weighted by atomic mass is 31.2. The molecule has 5 heteroatoms. The summed E-state index contributed by atoms with van der Waals surface area (Å²) in [5, 5.41) is 3.11. The zero-order valence-electron chi connectivity index (χ0n) is 14.4. The first kappa shape index (κ1) is 21.1. The van der Waals surface area contributed by atoms with E-state index in [9.17, 15) is 9.46 Å². The van der Waals surface area contributed by atoms with Crippen LogP contribution in [0.5, 0.6) is 0 Å². The number of unbranched alkanes of at least 4 members (excludes halogenated alkanes) is 2. The predicted octanol–water partition coefficient (Wildman–Crippen LogP) is 4.78. The predicted molar refractivity (Wildman–Crippen MR) is 90.6 cm³/mol. The van der Waals surface area contributed by atoms with E-state index < -0.39 is 7.60 Å². The van der Waals surface area contributed by atoms with E-state index in [-0.39, 0.29) is 6.29 Å². The van der Waals surface area contributed by atoms with Gasteiger partial charge in [-0.3, -0.25) is 4.57 Å². The van der Waals surface area contributed by atoms with Gasteiger partial charge in [-0.2, -0.15) is 0 Å². The summed E-state index contributed by atoms with van der Waals surface area (Å²) in [7, 11) is -3.48. The zero-order chi connectivity index (χ0) is 16.1. The van der Waals surface area contributed by atoms with E-state index in [1.54, 1.807) is 0 Å². The quantitative estimate of drug-likeness (QED) is 0.452. The lowest BCUT2D eigenvalue weighted by Gasteiger charge is -2.19. The second-order valence-electron chi connectivity index (χ2n) is 6.21. The van der Waals surface area contributed by atoms with Crippen molar-refractivity contribution in [3.63, 3.8) is 0 Å². The fourth-order valence-corrected chi connectivity index (χ4v) is 3.27. The SMILES string of the molecule is CCCCC(C)COP(=O)(O)CNCC(CC)CCCC. The second-order valence-corrected chi connectivity index (χ2v) is 8.06. The van der Waals surface area contributed by atoms with Gasteiger partial charge < -0.3 is 14.7 Å². The van der Waals surface area contributed by atoms with Crippen LogP contribution in [0.3, 0.4) is 0 Å². The first-order valence-electron chi connectivity index (χ1n) is 8.62. The normalized spacial score (nSPS) is 17.4. The van der Waals surface area contributed by atoms with E-state index in [0.29, 0.717) is 18.4 Å². The Morgan fingerprint density at radius 3 is 2.33 bits per heavy atom. The lowest BCUT2D eigenvalue weighted by Crippen LogP contribution is -2.24. The highest BCUT2D eigenvalue weighted by molar-refractivity contribution is 7.52. The highest BCUT2D eigenvalue weighted by Gasteiger charge is 2.20. The highest BCUT2D eigenvalue weighted by Crippen LogP contribution is 2.41. The van der Waals surface area contributed by atoms with Crippen molar-refractivity contribution in [2.75, 3.05) is 19.4 Å². The van der Waals surface area contributed by atoms with Crippen LogP contribution in [0.2, 0.25) is 0 Å². The molecule has 0 aromatic carbocycles. The van der Waals surface area contributed by atoms with Gasteiger partial charge in [-0.05, 0) is 31.2 Å². The first-order valence-corrected chi connectivity index (χ1v) is 10.4. The summed E-state index contributed by atoms with van der Waals surface area (Å²) in [6, 6.07) is 0. The van der Waals surface area contributed by atoms with Crippen molar-refractivity contribution in [1.29, 1.82) is 0 Å². The molecule has 0 aliphatic heterocycles. The standard InChI is InChI=1S/C16H36NO3P/c1-5-8-10-15(4)13-20-21(18,19)14-17-12-16(7-3)11-9-6-2/h15-17H,5-14H2,1-4H3,(H,18,19). The van der Waals surface area contributed by atoms with Crippen LogP contribution < -0.4 is 5.32 Å². The average molecular weight is 321 g/mol. The molecular formula is C16H36NO3P. The molecule has 0 saturated heterocycles. The summed E-state index contributed by atoms with van der Waals surface area (Å²) in [6.07, 6.45) is 8.14. The minimum Gasteiger partial charge on any atom is -0.323 e. The van der Waals surface area contributed by atoms with Crippen molar-refractivity contribution in [2.45, 2.75) is 72.6 Å². The van der Waals surface area contributed by atoms with E-state index in [0.717, 1.165) is 32.2 Å². The molecule has 0 amide bonds. The van der Waals surface area contributed by atoms with E-state index in [1.165, 1.54) is 19.3 Å². The molecule has 0 bridgehead atoms. The molecule has 3 atom stereocenters. The van der Waals surface area contributed by atoms with Crippen LogP contribution >= 0.6 is 7.60 Å². The van der Waals surface area contributed by atoms with Gasteiger partial charge in [-0.15, -0.1) is 0 Å². The Bertz CT molecular complexity index is 287. The zero-order valence-corrected chi connectivity index (χ0v) is 15.3. The van der Waals surface area contributed by atoms with Crippen LogP contribution in [0.1, 0.15) is 72.6 Å². The largest absolute Gasteiger partial charge is 0.341 e. The van der Waals surface area contributed by atoms with Crippen molar-refractivity contribution in [1.82, 2.24) is 5.32 Å². The lowest BCUT2D eigenvalue weighted by atomic mass is 10.00. The minimum absolute atomic E-state index is 0.0656. The minimum atomic E-state index is -3.48. The summed E-state index contributed by atoms with van der Waals surface area (Å²) in [4.78, 5) is 9.82. The molecule has 0 aliphatic carbocycles. The molecule has 0 fully saturated rings. The Labute approximate surface area is 131 Å². The van der Waals surface area contributed by atoms with Crippen LogP contribution in [-0.2, 0) is 9.09 Å². The van der Waals surface area contributed by atoms with Crippen LogP contribution in [0.4, 0.5) is 0 Å². The fourth-order valence-electron chi connectivity index (χ4n) is 2.28. The number of hydrogen-bond acceptors (Lipinski definition) is 3. The van der Waals surface area contributed by atoms with Crippen LogP contribution in [-0.4, -0.2) is 24.3 Å². The van der Waals surface area contributed by atoms with Crippen molar-refractivity contribution >= 4 is 7.60 Å². The van der Waals surface area contributed by atoms with Gasteiger partial charge in [0.2, 0.25) is 0 Å². The Kier molecular flexibility index (Phi) is 12.7. The van der Waals surface area contributed by atoms with Gasteiger partial charge in [-0.25, -0.2) is 0 Å². The summed E-state index contributed by atoms with van der Waals surface area (Å²) < 4.78 is 17.2. The molecule has 21 heavy (non-hydrogen) atoms. The third-order valence-electron chi connectivity index (χ3n) is 3.90. The van der Waals surface area contributed by atoms with Gasteiger partial charge in [0.15, 0.2) is 0 Å². The number of rotatable bonds is 14. The van der Waals surface area contributed by atoms with Crippen molar-refractivity contribution in [3.8, 4) is 0 Å². The maximum Gasteiger partial charge on any atom is 0.341 e. The maximum atomic E-state index is 11.9. The van der Waals surface area contributed by atoms with Gasteiger partial charge in [0, 0.05) is 0 Å². The molecule has 0 radical (unpaired) electrons. The summed E-state index contributed by atoms with van der Waals surface area (Å²) in [6.45, 7) is 9.76. The number of nitrogens with one attached hydrogen (secondary N) is 1. The molecule has 0 saturated carbocycles. The van der Waals surface area contributed by atoms with Crippen LogP contribution in [0.15, 0.2) is 0 Å². The van der Waals surface area contributed by atoms with E-state index in [2.05, 4.69) is 33.0 Å². The molecule has 0 aromatic heterocycles. The summed E-state index contributed by atoms with van der Waals surface area (Å²) in [5.41, 5.74) is 0. The van der Waals surface area contributed by atoms with Crippen molar-refractivity contribution in [3.05, 3.63) is 0 Å². The lowest BCUT2D eigenvalue weighted by molar-refractivity contribution is 0.213. The average Bonchev–Trinajstić information content (AvgIpc) is 2.46. The van der Waals surface area contributed by atoms with Gasteiger partial charge >= 0.3 is 7.60 Å². The van der Waals surface area contributed by atoms with Crippen molar-refractivity contribution < 1.29 is 14.0 Å². The van der Waals surface area contributed by atoms with Gasteiger partial charge in [0.05, 0.1) is 12.9 Å². The molecule has 0 rings (SSSR count). The number of hydrogen-bond donors (Lipinski definition) is 2. The molecule has 0 aliphatic rings. The van der Waals surface area contributed by atoms with Gasteiger partial charge in [0.1, 0.15) is 0 Å². The third kappa shape index (κ3) is 12.3. The third-order valence-corrected chi connectivity index (χ3v) is 5.07. The first-order chi connectivity index (χ1) is 9.95. The molecule has 0 heterocycles. The molecule has 3 unspecified atom stereocenters. The maximum absolute atomic E-state index is 11.9. The molecular weight excluding hydrogens is 285 g/mol. The Balaban J connectivity index is 3.87. The topological polar surface area (TPSA) is 58.6 Å². The molecule has 128 valence electrons. The fraction of sp³-hybridized carbons (Fsp3) is 1.00. The van der Waals surface area contributed by atoms with Gasteiger partial charge in [0.25, 0.3) is 0 Å². The molecule has 4 nitrogen and oxygen atoms in total. The smallest absolute Gasteiger partial charge is 0.323 e. The molecule has 2 N–H and O–H groups in total. The molecule has 0 aromatic rings. The Hall–Kier alpha value is 0.110. The summed E-state index contributed by atoms with van der Waals surface area (Å²) in [5.74, 6) is 0.937. The van der Waals surface area contributed by atoms with E-state index in [4.69, 9.17) is 4.52 Å². The Morgan fingerprint density at radius 2 is 1.76 bits per heavy atom. The van der Waals surface area contributed by atoms with E-state index >= 15 is 0 Å². The van der Waals surface area contributed by atoms with E-state index in [1.807, 2.05) is 0 Å². The van der Waals surface area contributed by atoms with Crippen LogP contribution in [0.25, 0.3) is 0 Å². The Morgan fingerprint density at radius 1 is 1.14 bits per heavy atom. The monoisotopic (exact) mass is 321 g/mol. The van der Waals surface area contributed by atoms with Crippen molar-refractivity contribution in [2.24, 2.45) is 11.8 Å². The van der Waals surface area contributed by atoms with Crippen LogP contribution in [0, 0.1) is 11.8 Å².